The number of amides is 1. The summed E-state index contributed by atoms with van der Waals surface area (Å²) in [6.07, 6.45) is 0.186. The van der Waals surface area contributed by atoms with Crippen LogP contribution in [0.25, 0.3) is 10.9 Å². The molecule has 0 saturated heterocycles. The summed E-state index contributed by atoms with van der Waals surface area (Å²) in [4.78, 5) is 32.8. The highest BCUT2D eigenvalue weighted by Crippen LogP contribution is 2.30. The number of nitrogens with one attached hydrogen (secondary N) is 2. The van der Waals surface area contributed by atoms with Crippen LogP contribution in [0.1, 0.15) is 42.5 Å². The van der Waals surface area contributed by atoms with Crippen molar-refractivity contribution in [2.24, 2.45) is 5.92 Å². The Bertz CT molecular complexity index is 1310. The normalized spacial score (nSPS) is 17.0. The van der Waals surface area contributed by atoms with E-state index < -0.39 is 12.1 Å². The quantitative estimate of drug-likeness (QED) is 0.287. The number of alkyl halides is 3. The number of fused-ring (bicyclic) bond motifs is 1. The van der Waals surface area contributed by atoms with Crippen molar-refractivity contribution in [3.05, 3.63) is 58.1 Å². The van der Waals surface area contributed by atoms with Crippen molar-refractivity contribution in [3.63, 3.8) is 0 Å². The summed E-state index contributed by atoms with van der Waals surface area (Å²) in [5, 5.41) is 15.4. The first-order valence-electron chi connectivity index (χ1n) is 12.6. The highest BCUT2D eigenvalue weighted by atomic mass is 35.5. The molecule has 0 radical (unpaired) electrons. The molecular weight excluding hydrogens is 570 g/mol. The number of hydrogen-bond acceptors (Lipinski definition) is 6. The monoisotopic (exact) mass is 599 g/mol. The molecule has 3 N–H and O–H groups in total. The van der Waals surface area contributed by atoms with Crippen LogP contribution in [0.15, 0.2) is 42.5 Å². The lowest BCUT2D eigenvalue weighted by Crippen LogP contribution is -2.30. The molecule has 1 amide bonds. The summed E-state index contributed by atoms with van der Waals surface area (Å²) in [6.45, 7) is 0.614. The lowest BCUT2D eigenvalue weighted by Gasteiger charge is -2.29. The van der Waals surface area contributed by atoms with Gasteiger partial charge in [0.2, 0.25) is 5.95 Å². The van der Waals surface area contributed by atoms with Gasteiger partial charge in [0.15, 0.2) is 0 Å². The maximum absolute atomic E-state index is 12.4. The van der Waals surface area contributed by atoms with Gasteiger partial charge < -0.3 is 20.6 Å². The Balaban J connectivity index is 0.000000559. The maximum atomic E-state index is 12.4. The summed E-state index contributed by atoms with van der Waals surface area (Å²) >= 11 is 12.3. The maximum Gasteiger partial charge on any atom is 0.490 e. The zero-order valence-corrected chi connectivity index (χ0v) is 23.4. The van der Waals surface area contributed by atoms with E-state index in [0.717, 1.165) is 48.8 Å². The number of nitrogens with zero attached hydrogens (tertiary/aromatic N) is 3. The number of carboxylic acid groups (broad SMARTS) is 1. The molecule has 3 aromatic rings. The number of rotatable bonds is 7. The van der Waals surface area contributed by atoms with E-state index in [-0.39, 0.29) is 5.91 Å². The molecule has 13 heteroatoms. The standard InChI is InChI=1S/C25H29Cl2N5O.C2HF3O2/c1-32(2)23-18-6-3-4-9-21(18)30-25(31-23)29-17-12-10-16(11-13-17)14-15-28-24(33)22-19(26)7-5-8-20(22)27;3-2(4,5)1(6)7/h3-9,16-17H,10-15H2,1-2H3,(H,28,33)(H,29,30,31);(H,6,7)/t16-,17+;. The number of carbonyl (C=O) groups excluding carboxylic acids is 1. The zero-order chi connectivity index (χ0) is 29.4. The van der Waals surface area contributed by atoms with E-state index in [1.54, 1.807) is 18.2 Å². The number of aliphatic carboxylic acids is 1. The number of aromatic nitrogens is 2. The van der Waals surface area contributed by atoms with Gasteiger partial charge in [0, 0.05) is 32.1 Å². The Morgan fingerprint density at radius 1 is 1.00 bits per heavy atom. The second kappa shape index (κ2) is 13.8. The second-order valence-corrected chi connectivity index (χ2v) is 10.4. The molecular formula is C27H30Cl2F3N5O3. The Morgan fingerprint density at radius 2 is 1.60 bits per heavy atom. The molecule has 216 valence electrons. The molecule has 1 aliphatic rings. The second-order valence-electron chi connectivity index (χ2n) is 9.59. The minimum atomic E-state index is -5.08. The van der Waals surface area contributed by atoms with Crippen molar-refractivity contribution in [2.75, 3.05) is 30.9 Å². The van der Waals surface area contributed by atoms with Gasteiger partial charge in [-0.1, -0.05) is 41.4 Å². The Labute approximate surface area is 239 Å². The van der Waals surface area contributed by atoms with Crippen LogP contribution in [0.5, 0.6) is 0 Å². The first-order valence-corrected chi connectivity index (χ1v) is 13.3. The van der Waals surface area contributed by atoms with Crippen molar-refractivity contribution in [3.8, 4) is 0 Å². The molecule has 1 heterocycles. The van der Waals surface area contributed by atoms with Crippen molar-refractivity contribution >= 4 is 57.7 Å². The number of carbonyl (C=O) groups is 2. The Hall–Kier alpha value is -3.31. The molecule has 1 aliphatic carbocycles. The molecule has 4 rings (SSSR count). The number of halogens is 5. The summed E-state index contributed by atoms with van der Waals surface area (Å²) in [6, 6.07) is 13.5. The molecule has 0 aliphatic heterocycles. The molecule has 1 fully saturated rings. The van der Waals surface area contributed by atoms with Gasteiger partial charge in [-0.15, -0.1) is 0 Å². The van der Waals surface area contributed by atoms with Crippen molar-refractivity contribution in [2.45, 2.75) is 44.3 Å². The van der Waals surface area contributed by atoms with Crippen LogP contribution >= 0.6 is 23.2 Å². The Morgan fingerprint density at radius 3 is 2.17 bits per heavy atom. The summed E-state index contributed by atoms with van der Waals surface area (Å²) < 4.78 is 31.7. The van der Waals surface area contributed by atoms with E-state index in [4.69, 9.17) is 43.1 Å². The first-order chi connectivity index (χ1) is 18.9. The van der Waals surface area contributed by atoms with Gasteiger partial charge in [-0.2, -0.15) is 18.2 Å². The van der Waals surface area contributed by atoms with Crippen LogP contribution in [0.4, 0.5) is 24.9 Å². The lowest BCUT2D eigenvalue weighted by atomic mass is 9.84. The van der Waals surface area contributed by atoms with E-state index in [2.05, 4.69) is 16.7 Å². The predicted octanol–water partition coefficient (Wildman–Crippen LogP) is 6.43. The average Bonchev–Trinajstić information content (AvgIpc) is 2.89. The smallest absolute Gasteiger partial charge is 0.475 e. The average molecular weight is 600 g/mol. The van der Waals surface area contributed by atoms with Crippen LogP contribution in [-0.4, -0.2) is 59.8 Å². The van der Waals surface area contributed by atoms with Crippen molar-refractivity contribution in [1.82, 2.24) is 15.3 Å². The Kier molecular flexibility index (Phi) is 10.8. The van der Waals surface area contributed by atoms with Gasteiger partial charge in [0.1, 0.15) is 5.82 Å². The third kappa shape index (κ3) is 8.59. The predicted molar refractivity (Wildman–Crippen MR) is 150 cm³/mol. The minimum Gasteiger partial charge on any atom is -0.475 e. The summed E-state index contributed by atoms with van der Waals surface area (Å²) in [5.41, 5.74) is 1.29. The van der Waals surface area contributed by atoms with Gasteiger partial charge in [-0.3, -0.25) is 4.79 Å². The third-order valence-electron chi connectivity index (χ3n) is 6.46. The largest absolute Gasteiger partial charge is 0.490 e. The van der Waals surface area contributed by atoms with Gasteiger partial charge >= 0.3 is 12.1 Å². The molecule has 1 saturated carbocycles. The van der Waals surface area contributed by atoms with Crippen LogP contribution < -0.4 is 15.5 Å². The van der Waals surface area contributed by atoms with Crippen LogP contribution in [0.3, 0.4) is 0 Å². The molecule has 0 unspecified atom stereocenters. The van der Waals surface area contributed by atoms with Gasteiger partial charge in [-0.25, -0.2) is 9.78 Å². The van der Waals surface area contributed by atoms with Crippen LogP contribution in [0, 0.1) is 5.92 Å². The first kappa shape index (κ1) is 31.2. The van der Waals surface area contributed by atoms with Gasteiger partial charge in [0.05, 0.1) is 21.1 Å². The highest BCUT2D eigenvalue weighted by molar-refractivity contribution is 6.39. The zero-order valence-electron chi connectivity index (χ0n) is 21.9. The van der Waals surface area contributed by atoms with Crippen molar-refractivity contribution in [1.29, 1.82) is 0 Å². The van der Waals surface area contributed by atoms with E-state index in [1.165, 1.54) is 0 Å². The molecule has 0 bridgehead atoms. The lowest BCUT2D eigenvalue weighted by molar-refractivity contribution is -0.192. The fourth-order valence-electron chi connectivity index (χ4n) is 4.44. The van der Waals surface area contributed by atoms with E-state index in [0.29, 0.717) is 40.1 Å². The molecule has 1 aromatic heterocycles. The van der Waals surface area contributed by atoms with Crippen LogP contribution in [-0.2, 0) is 4.79 Å². The third-order valence-corrected chi connectivity index (χ3v) is 7.09. The summed E-state index contributed by atoms with van der Waals surface area (Å²) in [5.74, 6) is -0.783. The molecule has 0 atom stereocenters. The molecule has 8 nitrogen and oxygen atoms in total. The highest BCUT2D eigenvalue weighted by Gasteiger charge is 2.38. The number of benzene rings is 2. The van der Waals surface area contributed by atoms with Gasteiger partial charge in [0.25, 0.3) is 5.91 Å². The van der Waals surface area contributed by atoms with E-state index >= 15 is 0 Å². The van der Waals surface area contributed by atoms with Crippen LogP contribution in [0.2, 0.25) is 10.0 Å². The van der Waals surface area contributed by atoms with Crippen molar-refractivity contribution < 1.29 is 27.9 Å². The fourth-order valence-corrected chi connectivity index (χ4v) is 5.01. The number of anilines is 2. The topological polar surface area (TPSA) is 107 Å². The number of carboxylic acids is 1. The molecule has 2 aromatic carbocycles. The number of hydrogen-bond donors (Lipinski definition) is 3. The van der Waals surface area contributed by atoms with E-state index in [1.807, 2.05) is 37.2 Å². The SMILES string of the molecule is CN(C)c1nc(N[C@H]2CC[C@@H](CCNC(=O)c3c(Cl)cccc3Cl)CC2)nc2ccccc12.O=C(O)C(F)(F)F. The number of para-hydroxylation sites is 1. The van der Waals surface area contributed by atoms with Gasteiger partial charge in [-0.05, 0) is 62.3 Å². The fraction of sp³-hybridized carbons (Fsp3) is 0.407. The molecule has 0 spiro atoms. The minimum absolute atomic E-state index is 0.217. The summed E-state index contributed by atoms with van der Waals surface area (Å²) in [7, 11) is 4.00. The molecule has 40 heavy (non-hydrogen) atoms. The van der Waals surface area contributed by atoms with E-state index in [9.17, 15) is 18.0 Å².